The summed E-state index contributed by atoms with van der Waals surface area (Å²) < 4.78 is 29.8. The zero-order valence-electron chi connectivity index (χ0n) is 7.84. The van der Waals surface area contributed by atoms with Crippen molar-refractivity contribution in [3.05, 3.63) is 23.0 Å². The number of halogens is 3. The Balaban J connectivity index is 3.33. The molecule has 1 aromatic rings. The lowest BCUT2D eigenvalue weighted by molar-refractivity contribution is 0.112. The van der Waals surface area contributed by atoms with Gasteiger partial charge in [-0.2, -0.15) is 0 Å². The van der Waals surface area contributed by atoms with Crippen LogP contribution in [0.4, 0.5) is 8.78 Å². The Morgan fingerprint density at radius 1 is 1.67 bits per heavy atom. The summed E-state index contributed by atoms with van der Waals surface area (Å²) in [5, 5.41) is 0.241. The van der Waals surface area contributed by atoms with Crippen molar-refractivity contribution in [1.82, 2.24) is 4.98 Å². The molecule has 0 spiro atoms. The summed E-state index contributed by atoms with van der Waals surface area (Å²) in [7, 11) is 1.26. The van der Waals surface area contributed by atoms with Crippen molar-refractivity contribution >= 4 is 22.2 Å². The van der Waals surface area contributed by atoms with E-state index in [2.05, 4.69) is 20.9 Å². The molecule has 0 aliphatic heterocycles. The van der Waals surface area contributed by atoms with Crippen molar-refractivity contribution in [3.63, 3.8) is 0 Å². The summed E-state index contributed by atoms with van der Waals surface area (Å²) in [6.45, 7) is 0. The first kappa shape index (κ1) is 12.0. The second kappa shape index (κ2) is 5.16. The molecule has 0 N–H and O–H groups in total. The molecule has 0 amide bonds. The zero-order chi connectivity index (χ0) is 11.4. The third-order valence-corrected chi connectivity index (χ3v) is 2.34. The second-order valence-electron chi connectivity index (χ2n) is 2.66. The van der Waals surface area contributed by atoms with E-state index in [9.17, 15) is 13.6 Å². The fourth-order valence-electron chi connectivity index (χ4n) is 1.09. The first-order chi connectivity index (χ1) is 7.13. The summed E-state index contributed by atoms with van der Waals surface area (Å²) in [4.78, 5) is 14.3. The maximum Gasteiger partial charge on any atom is 0.284 e. The van der Waals surface area contributed by atoms with Gasteiger partial charge >= 0.3 is 0 Å². The molecule has 1 rings (SSSR count). The number of rotatable bonds is 4. The molecule has 0 aliphatic carbocycles. The molecule has 0 bridgehead atoms. The van der Waals surface area contributed by atoms with Crippen LogP contribution in [-0.2, 0) is 5.33 Å². The number of aldehydes is 1. The van der Waals surface area contributed by atoms with Gasteiger partial charge in [0, 0.05) is 10.9 Å². The minimum Gasteiger partial charge on any atom is -0.495 e. The summed E-state index contributed by atoms with van der Waals surface area (Å²) in [5.41, 5.74) is 0.0757. The van der Waals surface area contributed by atoms with Crippen molar-refractivity contribution in [2.75, 3.05) is 7.11 Å². The van der Waals surface area contributed by atoms with Crippen LogP contribution in [-0.4, -0.2) is 18.4 Å². The third-order valence-electron chi connectivity index (χ3n) is 1.81. The van der Waals surface area contributed by atoms with Crippen LogP contribution in [0.3, 0.4) is 0 Å². The van der Waals surface area contributed by atoms with Crippen molar-refractivity contribution in [2.45, 2.75) is 11.8 Å². The first-order valence-corrected chi connectivity index (χ1v) is 5.13. The van der Waals surface area contributed by atoms with Gasteiger partial charge in [-0.05, 0) is 6.07 Å². The van der Waals surface area contributed by atoms with Gasteiger partial charge in [0.1, 0.15) is 11.4 Å². The van der Waals surface area contributed by atoms with E-state index in [-0.39, 0.29) is 22.3 Å². The maximum absolute atomic E-state index is 12.5. The highest BCUT2D eigenvalue weighted by molar-refractivity contribution is 9.08. The first-order valence-electron chi connectivity index (χ1n) is 4.01. The van der Waals surface area contributed by atoms with E-state index in [4.69, 9.17) is 4.74 Å². The number of ether oxygens (including phenoxy) is 1. The molecule has 0 unspecified atom stereocenters. The van der Waals surface area contributed by atoms with Gasteiger partial charge in [0.25, 0.3) is 6.43 Å². The fourth-order valence-corrected chi connectivity index (χ4v) is 1.54. The number of carbonyl (C=O) groups is 1. The van der Waals surface area contributed by atoms with Crippen LogP contribution in [0, 0.1) is 0 Å². The predicted octanol–water partition coefficient (Wildman–Crippen LogP) is 2.74. The van der Waals surface area contributed by atoms with E-state index < -0.39 is 12.1 Å². The number of nitrogens with zero attached hydrogens (tertiary/aromatic N) is 1. The smallest absolute Gasteiger partial charge is 0.284 e. The van der Waals surface area contributed by atoms with Crippen molar-refractivity contribution in [3.8, 4) is 5.75 Å². The lowest BCUT2D eigenvalue weighted by Crippen LogP contribution is -2.03. The van der Waals surface area contributed by atoms with Gasteiger partial charge in [-0.25, -0.2) is 13.8 Å². The minimum absolute atomic E-state index is 0.0724. The van der Waals surface area contributed by atoms with Crippen LogP contribution >= 0.6 is 15.9 Å². The number of pyridine rings is 1. The van der Waals surface area contributed by atoms with Gasteiger partial charge in [0.2, 0.25) is 0 Å². The quantitative estimate of drug-likeness (QED) is 0.628. The molecule has 0 atom stereocenters. The van der Waals surface area contributed by atoms with Crippen LogP contribution < -0.4 is 4.74 Å². The van der Waals surface area contributed by atoms with Gasteiger partial charge in [-0.15, -0.1) is 0 Å². The fraction of sp³-hybridized carbons (Fsp3) is 0.333. The SMILES string of the molecule is COc1cc(C=O)c(CBr)nc1C(F)F. The molecule has 0 fully saturated rings. The Morgan fingerprint density at radius 3 is 2.73 bits per heavy atom. The van der Waals surface area contributed by atoms with E-state index in [1.54, 1.807) is 0 Å². The predicted molar refractivity (Wildman–Crippen MR) is 53.8 cm³/mol. The average molecular weight is 280 g/mol. The van der Waals surface area contributed by atoms with Gasteiger partial charge in [0.05, 0.1) is 12.8 Å². The van der Waals surface area contributed by atoms with E-state index >= 15 is 0 Å². The minimum atomic E-state index is -2.72. The Labute approximate surface area is 93.6 Å². The maximum atomic E-state index is 12.5. The van der Waals surface area contributed by atoms with Crippen LogP contribution in [0.1, 0.15) is 28.2 Å². The summed E-state index contributed by atoms with van der Waals surface area (Å²) in [6, 6.07) is 1.26. The molecular formula is C9H8BrF2NO2. The second-order valence-corrected chi connectivity index (χ2v) is 3.22. The highest BCUT2D eigenvalue weighted by Crippen LogP contribution is 2.29. The largest absolute Gasteiger partial charge is 0.495 e. The van der Waals surface area contributed by atoms with E-state index in [0.29, 0.717) is 6.29 Å². The molecule has 82 valence electrons. The van der Waals surface area contributed by atoms with Gasteiger partial charge in [0.15, 0.2) is 6.29 Å². The van der Waals surface area contributed by atoms with Gasteiger partial charge in [-0.3, -0.25) is 4.79 Å². The number of carbonyl (C=O) groups excluding carboxylic acids is 1. The summed E-state index contributed by atoms with van der Waals surface area (Å²) >= 11 is 3.07. The third kappa shape index (κ3) is 2.50. The number of hydrogen-bond donors (Lipinski definition) is 0. The number of hydrogen-bond acceptors (Lipinski definition) is 3. The molecule has 6 heteroatoms. The molecule has 1 aromatic heterocycles. The lowest BCUT2D eigenvalue weighted by Gasteiger charge is -2.09. The summed E-state index contributed by atoms with van der Waals surface area (Å²) in [6.07, 6.45) is -2.17. The molecule has 1 heterocycles. The van der Waals surface area contributed by atoms with Crippen molar-refractivity contribution < 1.29 is 18.3 Å². The topological polar surface area (TPSA) is 39.2 Å². The van der Waals surface area contributed by atoms with Crippen LogP contribution in [0.5, 0.6) is 5.75 Å². The van der Waals surface area contributed by atoms with Gasteiger partial charge < -0.3 is 4.74 Å². The van der Waals surface area contributed by atoms with Crippen LogP contribution in [0.2, 0.25) is 0 Å². The molecule has 0 aliphatic rings. The molecule has 0 saturated carbocycles. The zero-order valence-corrected chi connectivity index (χ0v) is 9.42. The molecular weight excluding hydrogens is 272 g/mol. The lowest BCUT2D eigenvalue weighted by atomic mass is 10.2. The van der Waals surface area contributed by atoms with Crippen LogP contribution in [0.25, 0.3) is 0 Å². The highest BCUT2D eigenvalue weighted by Gasteiger charge is 2.18. The monoisotopic (exact) mass is 279 g/mol. The highest BCUT2D eigenvalue weighted by atomic mass is 79.9. The number of aromatic nitrogens is 1. The molecule has 0 aromatic carbocycles. The van der Waals surface area contributed by atoms with Crippen LogP contribution in [0.15, 0.2) is 6.07 Å². The normalized spacial score (nSPS) is 10.5. The molecule has 15 heavy (non-hydrogen) atoms. The molecule has 0 radical (unpaired) electrons. The number of methoxy groups -OCH3 is 1. The van der Waals surface area contributed by atoms with Crippen molar-refractivity contribution in [2.24, 2.45) is 0 Å². The Kier molecular flexibility index (Phi) is 4.14. The van der Waals surface area contributed by atoms with Crippen molar-refractivity contribution in [1.29, 1.82) is 0 Å². The number of alkyl halides is 3. The Bertz CT molecular complexity index is 371. The van der Waals surface area contributed by atoms with E-state index in [0.717, 1.165) is 0 Å². The van der Waals surface area contributed by atoms with Gasteiger partial charge in [-0.1, -0.05) is 15.9 Å². The Morgan fingerprint density at radius 2 is 2.33 bits per heavy atom. The molecule has 0 saturated heterocycles. The average Bonchev–Trinajstić information content (AvgIpc) is 2.26. The summed E-state index contributed by atoms with van der Waals surface area (Å²) in [5.74, 6) is -0.0724. The molecule has 3 nitrogen and oxygen atoms in total. The Hall–Kier alpha value is -1.04. The standard InChI is InChI=1S/C9H8BrF2NO2/c1-15-7-2-5(4-14)6(3-10)13-8(7)9(11)12/h2,4,9H,3H2,1H3. The van der Waals surface area contributed by atoms with E-state index in [1.807, 2.05) is 0 Å². The van der Waals surface area contributed by atoms with E-state index in [1.165, 1.54) is 13.2 Å².